The molecule has 0 unspecified atom stereocenters. The number of carbonyl (C=O) groups is 1. The molecule has 0 saturated heterocycles. The van der Waals surface area contributed by atoms with Gasteiger partial charge in [-0.2, -0.15) is 8.78 Å². The third kappa shape index (κ3) is 3.82. The zero-order valence-corrected chi connectivity index (χ0v) is 11.4. The van der Waals surface area contributed by atoms with Gasteiger partial charge in [0.2, 0.25) is 0 Å². The minimum Gasteiger partial charge on any atom is -0.434 e. The van der Waals surface area contributed by atoms with Gasteiger partial charge in [-0.25, -0.2) is 0 Å². The number of nitrogens with one attached hydrogen (secondary N) is 1. The van der Waals surface area contributed by atoms with Crippen molar-refractivity contribution in [2.24, 2.45) is 0 Å². The van der Waals surface area contributed by atoms with Crippen LogP contribution in [0.15, 0.2) is 42.5 Å². The topological polar surface area (TPSA) is 64.3 Å². The molecule has 0 heterocycles. The second-order valence-electron chi connectivity index (χ2n) is 4.07. The summed E-state index contributed by atoms with van der Waals surface area (Å²) in [6.45, 7) is -3.02. The SMILES string of the molecule is Nc1ccc(Cl)c(NC(=O)c2ccccc2OC(F)F)c1. The molecule has 0 aliphatic heterocycles. The summed E-state index contributed by atoms with van der Waals surface area (Å²) in [5.74, 6) is -0.844. The van der Waals surface area contributed by atoms with Crippen LogP contribution in [0.4, 0.5) is 20.2 Å². The first-order valence-electron chi connectivity index (χ1n) is 5.87. The van der Waals surface area contributed by atoms with Crippen LogP contribution in [0, 0.1) is 0 Å². The van der Waals surface area contributed by atoms with Gasteiger partial charge in [0.1, 0.15) is 5.75 Å². The number of nitrogens with two attached hydrogens (primary N) is 1. The van der Waals surface area contributed by atoms with Crippen molar-refractivity contribution < 1.29 is 18.3 Å². The van der Waals surface area contributed by atoms with E-state index in [2.05, 4.69) is 10.1 Å². The van der Waals surface area contributed by atoms with E-state index < -0.39 is 12.5 Å². The molecule has 0 aliphatic rings. The Bertz CT molecular complexity index is 665. The second kappa shape index (κ2) is 6.41. The fourth-order valence-electron chi connectivity index (χ4n) is 1.68. The highest BCUT2D eigenvalue weighted by Crippen LogP contribution is 2.26. The predicted molar refractivity (Wildman–Crippen MR) is 76.9 cm³/mol. The van der Waals surface area contributed by atoms with Gasteiger partial charge in [0, 0.05) is 5.69 Å². The molecule has 0 spiro atoms. The molecule has 2 aromatic carbocycles. The van der Waals surface area contributed by atoms with Crippen LogP contribution < -0.4 is 15.8 Å². The van der Waals surface area contributed by atoms with Crippen molar-refractivity contribution in [1.82, 2.24) is 0 Å². The second-order valence-corrected chi connectivity index (χ2v) is 4.48. The Kier molecular flexibility index (Phi) is 4.59. The molecule has 2 rings (SSSR count). The zero-order valence-electron chi connectivity index (χ0n) is 10.6. The lowest BCUT2D eigenvalue weighted by Crippen LogP contribution is -2.15. The van der Waals surface area contributed by atoms with Crippen molar-refractivity contribution in [2.45, 2.75) is 6.61 Å². The molecule has 3 N–H and O–H groups in total. The van der Waals surface area contributed by atoms with Gasteiger partial charge in [0.25, 0.3) is 5.91 Å². The van der Waals surface area contributed by atoms with Crippen LogP contribution in [0.2, 0.25) is 5.02 Å². The number of rotatable bonds is 4. The van der Waals surface area contributed by atoms with Crippen LogP contribution in [-0.4, -0.2) is 12.5 Å². The normalized spacial score (nSPS) is 10.5. The molecule has 0 bridgehead atoms. The maximum atomic E-state index is 12.3. The van der Waals surface area contributed by atoms with Crippen molar-refractivity contribution in [3.8, 4) is 5.75 Å². The molecule has 0 saturated carbocycles. The molecule has 0 aromatic heterocycles. The highest BCUT2D eigenvalue weighted by Gasteiger charge is 2.16. The number of benzene rings is 2. The molecule has 21 heavy (non-hydrogen) atoms. The Labute approximate surface area is 124 Å². The first-order valence-corrected chi connectivity index (χ1v) is 6.25. The molecule has 0 atom stereocenters. The van der Waals surface area contributed by atoms with Crippen LogP contribution in [0.3, 0.4) is 0 Å². The molecular weight excluding hydrogens is 302 g/mol. The summed E-state index contributed by atoms with van der Waals surface area (Å²) in [5, 5.41) is 2.79. The van der Waals surface area contributed by atoms with Crippen molar-refractivity contribution in [1.29, 1.82) is 0 Å². The van der Waals surface area contributed by atoms with Crippen LogP contribution in [-0.2, 0) is 0 Å². The third-order valence-corrected chi connectivity index (χ3v) is 2.92. The van der Waals surface area contributed by atoms with Crippen molar-refractivity contribution in [2.75, 3.05) is 11.1 Å². The lowest BCUT2D eigenvalue weighted by atomic mass is 10.2. The van der Waals surface area contributed by atoms with Gasteiger partial charge >= 0.3 is 6.61 Å². The van der Waals surface area contributed by atoms with E-state index in [1.54, 1.807) is 6.07 Å². The molecule has 7 heteroatoms. The van der Waals surface area contributed by atoms with E-state index >= 15 is 0 Å². The standard InChI is InChI=1S/C14H11ClF2N2O2/c15-10-6-5-8(18)7-11(10)19-13(20)9-3-1-2-4-12(9)21-14(16)17/h1-7,14H,18H2,(H,19,20). The molecule has 0 radical (unpaired) electrons. The Morgan fingerprint density at radius 3 is 2.67 bits per heavy atom. The summed E-state index contributed by atoms with van der Waals surface area (Å²) in [6.07, 6.45) is 0. The van der Waals surface area contributed by atoms with E-state index in [1.165, 1.54) is 36.4 Å². The van der Waals surface area contributed by atoms with Crippen molar-refractivity contribution >= 4 is 28.9 Å². The summed E-state index contributed by atoms with van der Waals surface area (Å²) < 4.78 is 28.9. The summed E-state index contributed by atoms with van der Waals surface area (Å²) in [4.78, 5) is 12.1. The number of nitrogen functional groups attached to an aromatic ring is 1. The highest BCUT2D eigenvalue weighted by atomic mass is 35.5. The number of ether oxygens (including phenoxy) is 1. The first kappa shape index (κ1) is 15.1. The first-order chi connectivity index (χ1) is 9.97. The lowest BCUT2D eigenvalue weighted by Gasteiger charge is -2.12. The number of para-hydroxylation sites is 1. The van der Waals surface area contributed by atoms with Gasteiger partial charge in [-0.05, 0) is 30.3 Å². The molecule has 0 aliphatic carbocycles. The number of amides is 1. The van der Waals surface area contributed by atoms with Gasteiger partial charge in [-0.15, -0.1) is 0 Å². The van der Waals surface area contributed by atoms with Gasteiger partial charge in [0.05, 0.1) is 16.3 Å². The summed E-state index contributed by atoms with van der Waals surface area (Å²) in [6, 6.07) is 10.2. The van der Waals surface area contributed by atoms with Crippen LogP contribution >= 0.6 is 11.6 Å². The summed E-state index contributed by atoms with van der Waals surface area (Å²) in [5.41, 5.74) is 6.27. The molecular formula is C14H11ClF2N2O2. The Balaban J connectivity index is 2.26. The number of hydrogen-bond acceptors (Lipinski definition) is 3. The average molecular weight is 313 g/mol. The van der Waals surface area contributed by atoms with Gasteiger partial charge in [-0.3, -0.25) is 4.79 Å². The largest absolute Gasteiger partial charge is 0.434 e. The van der Waals surface area contributed by atoms with Crippen LogP contribution in [0.5, 0.6) is 5.75 Å². The quantitative estimate of drug-likeness (QED) is 0.845. The maximum Gasteiger partial charge on any atom is 0.387 e. The van der Waals surface area contributed by atoms with Crippen LogP contribution in [0.25, 0.3) is 0 Å². The number of carbonyl (C=O) groups excluding carboxylic acids is 1. The van der Waals surface area contributed by atoms with E-state index in [9.17, 15) is 13.6 Å². The number of anilines is 2. The monoisotopic (exact) mass is 312 g/mol. The fourth-order valence-corrected chi connectivity index (χ4v) is 1.85. The van der Waals surface area contributed by atoms with E-state index in [0.29, 0.717) is 5.69 Å². The minimum atomic E-state index is -3.02. The number of alkyl halides is 2. The maximum absolute atomic E-state index is 12.3. The Hall–Kier alpha value is -2.34. The minimum absolute atomic E-state index is 0.0312. The molecule has 2 aromatic rings. The van der Waals surface area contributed by atoms with E-state index in [0.717, 1.165) is 0 Å². The summed E-state index contributed by atoms with van der Waals surface area (Å²) >= 11 is 5.93. The zero-order chi connectivity index (χ0) is 15.4. The van der Waals surface area contributed by atoms with Gasteiger partial charge in [0.15, 0.2) is 0 Å². The van der Waals surface area contributed by atoms with Gasteiger partial charge in [-0.1, -0.05) is 23.7 Å². The van der Waals surface area contributed by atoms with Gasteiger partial charge < -0.3 is 15.8 Å². The molecule has 0 fully saturated rings. The van der Waals surface area contributed by atoms with Crippen molar-refractivity contribution in [3.05, 3.63) is 53.1 Å². The molecule has 1 amide bonds. The number of halogens is 3. The molecule has 110 valence electrons. The Morgan fingerprint density at radius 2 is 1.95 bits per heavy atom. The Morgan fingerprint density at radius 1 is 1.24 bits per heavy atom. The number of hydrogen-bond donors (Lipinski definition) is 2. The molecule has 4 nitrogen and oxygen atoms in total. The lowest BCUT2D eigenvalue weighted by molar-refractivity contribution is -0.0501. The van der Waals surface area contributed by atoms with E-state index in [-0.39, 0.29) is 22.0 Å². The average Bonchev–Trinajstić information content (AvgIpc) is 2.42. The summed E-state index contributed by atoms with van der Waals surface area (Å²) in [7, 11) is 0. The van der Waals surface area contributed by atoms with Crippen LogP contribution in [0.1, 0.15) is 10.4 Å². The highest BCUT2D eigenvalue weighted by molar-refractivity contribution is 6.34. The fraction of sp³-hybridized carbons (Fsp3) is 0.0714. The van der Waals surface area contributed by atoms with E-state index in [1.807, 2.05) is 0 Å². The predicted octanol–water partition coefficient (Wildman–Crippen LogP) is 3.78. The smallest absolute Gasteiger partial charge is 0.387 e. The van der Waals surface area contributed by atoms with Crippen molar-refractivity contribution in [3.63, 3.8) is 0 Å². The van der Waals surface area contributed by atoms with E-state index in [4.69, 9.17) is 17.3 Å². The third-order valence-electron chi connectivity index (χ3n) is 2.59.